The van der Waals surface area contributed by atoms with E-state index >= 15 is 0 Å². The first-order valence-corrected chi connectivity index (χ1v) is 13.0. The number of nitrogens with zero attached hydrogens (tertiary/aromatic N) is 3. The summed E-state index contributed by atoms with van der Waals surface area (Å²) in [4.78, 5) is 15.1. The third-order valence-electron chi connectivity index (χ3n) is 6.91. The van der Waals surface area contributed by atoms with Gasteiger partial charge >= 0.3 is 0 Å². The van der Waals surface area contributed by atoms with Crippen LogP contribution in [-0.2, 0) is 21.4 Å². The van der Waals surface area contributed by atoms with Gasteiger partial charge in [-0.2, -0.15) is 4.31 Å². The van der Waals surface area contributed by atoms with Gasteiger partial charge in [0.1, 0.15) is 0 Å². The molecule has 0 bridgehead atoms. The Labute approximate surface area is 186 Å². The molecule has 0 N–H and O–H groups in total. The zero-order valence-electron chi connectivity index (χ0n) is 19.0. The summed E-state index contributed by atoms with van der Waals surface area (Å²) in [6.07, 6.45) is 5.45. The van der Waals surface area contributed by atoms with Crippen LogP contribution in [0.25, 0.3) is 10.9 Å². The van der Waals surface area contributed by atoms with E-state index in [4.69, 9.17) is 0 Å². The van der Waals surface area contributed by atoms with Gasteiger partial charge in [0.2, 0.25) is 15.9 Å². The predicted octanol–water partition coefficient (Wildman–Crippen LogP) is 3.96. The fraction of sp³-hybridized carbons (Fsp3) is 0.625. The van der Waals surface area contributed by atoms with Crippen molar-refractivity contribution in [2.24, 2.45) is 17.8 Å². The Balaban J connectivity index is 1.45. The van der Waals surface area contributed by atoms with E-state index in [1.165, 1.54) is 6.42 Å². The Bertz CT molecular complexity index is 1030. The Morgan fingerprint density at radius 3 is 2.35 bits per heavy atom. The minimum absolute atomic E-state index is 0.207. The summed E-state index contributed by atoms with van der Waals surface area (Å²) in [6.45, 7) is 10.1. The Hall–Kier alpha value is -1.86. The number of carbonyl (C=O) groups is 1. The zero-order chi connectivity index (χ0) is 22.2. The molecule has 2 aliphatic rings. The number of aryl methyl sites for hydroxylation is 1. The van der Waals surface area contributed by atoms with Crippen LogP contribution in [0.3, 0.4) is 0 Å². The number of benzene rings is 1. The maximum absolute atomic E-state index is 13.1. The Morgan fingerprint density at radius 1 is 1.00 bits per heavy atom. The molecule has 31 heavy (non-hydrogen) atoms. The van der Waals surface area contributed by atoms with Gasteiger partial charge in [0.15, 0.2) is 0 Å². The molecule has 6 nitrogen and oxygen atoms in total. The number of rotatable bonds is 5. The molecule has 0 radical (unpaired) electrons. The highest BCUT2D eigenvalue weighted by molar-refractivity contribution is 7.89. The fourth-order valence-corrected chi connectivity index (χ4v) is 6.65. The van der Waals surface area contributed by atoms with Gasteiger partial charge in [-0.05, 0) is 61.3 Å². The molecule has 1 aromatic heterocycles. The van der Waals surface area contributed by atoms with E-state index in [-0.39, 0.29) is 5.91 Å². The molecule has 2 aliphatic heterocycles. The smallest absolute Gasteiger partial charge is 0.243 e. The maximum atomic E-state index is 13.1. The van der Waals surface area contributed by atoms with Crippen molar-refractivity contribution in [1.29, 1.82) is 0 Å². The summed E-state index contributed by atoms with van der Waals surface area (Å²) in [5.74, 6) is 1.91. The molecule has 4 rings (SSSR count). The Morgan fingerprint density at radius 2 is 1.68 bits per heavy atom. The van der Waals surface area contributed by atoms with Crippen molar-refractivity contribution in [3.05, 3.63) is 30.5 Å². The average molecular weight is 446 g/mol. The van der Waals surface area contributed by atoms with E-state index in [0.717, 1.165) is 36.8 Å². The van der Waals surface area contributed by atoms with Crippen LogP contribution in [0.4, 0.5) is 0 Å². The topological polar surface area (TPSA) is 62.6 Å². The van der Waals surface area contributed by atoms with Gasteiger partial charge in [0.25, 0.3) is 0 Å². The van der Waals surface area contributed by atoms with Crippen LogP contribution >= 0.6 is 0 Å². The molecular formula is C24H35N3O3S. The second-order valence-corrected chi connectivity index (χ2v) is 11.7. The van der Waals surface area contributed by atoms with Gasteiger partial charge in [0, 0.05) is 56.2 Å². The molecule has 2 unspecified atom stereocenters. The summed E-state index contributed by atoms with van der Waals surface area (Å²) >= 11 is 0. The average Bonchev–Trinajstić information content (AvgIpc) is 3.14. The largest absolute Gasteiger partial charge is 0.347 e. The van der Waals surface area contributed by atoms with Crippen LogP contribution in [0.15, 0.2) is 35.4 Å². The number of aromatic nitrogens is 1. The number of carbonyl (C=O) groups excluding carboxylic acids is 1. The molecule has 3 heterocycles. The standard InChI is InChI=1S/C24H35N3O3S/c1-18-6-12-27(13-7-18)31(29,30)22-4-5-23-21(15-22)8-10-25(23)11-9-24(28)26-16-19(2)14-20(3)17-26/h4-5,8,10,15,18-20H,6-7,9,11-14,16-17H2,1-3H3. The van der Waals surface area contributed by atoms with Gasteiger partial charge in [-0.1, -0.05) is 20.8 Å². The summed E-state index contributed by atoms with van der Waals surface area (Å²) in [5, 5.41) is 0.902. The molecule has 2 aromatic rings. The number of likely N-dealkylation sites (tertiary alicyclic amines) is 1. The molecular weight excluding hydrogens is 410 g/mol. The monoisotopic (exact) mass is 445 g/mol. The lowest BCUT2D eigenvalue weighted by Crippen LogP contribution is -2.42. The van der Waals surface area contributed by atoms with E-state index in [2.05, 4.69) is 25.3 Å². The number of hydrogen-bond donors (Lipinski definition) is 0. The SMILES string of the molecule is CC1CCN(S(=O)(=O)c2ccc3c(ccn3CCC(=O)N3CC(C)CC(C)C3)c2)CC1. The number of amides is 1. The van der Waals surface area contributed by atoms with Crippen molar-refractivity contribution in [2.45, 2.75) is 57.9 Å². The van der Waals surface area contributed by atoms with Crippen LogP contribution in [0.5, 0.6) is 0 Å². The van der Waals surface area contributed by atoms with Crippen molar-refractivity contribution in [3.63, 3.8) is 0 Å². The molecule has 7 heteroatoms. The van der Waals surface area contributed by atoms with E-state index < -0.39 is 10.0 Å². The van der Waals surface area contributed by atoms with Gasteiger partial charge in [-0.15, -0.1) is 0 Å². The molecule has 2 atom stereocenters. The number of sulfonamides is 1. The molecule has 0 aliphatic carbocycles. The van der Waals surface area contributed by atoms with Crippen molar-refractivity contribution in [1.82, 2.24) is 13.8 Å². The number of fused-ring (bicyclic) bond motifs is 1. The van der Waals surface area contributed by atoms with Crippen LogP contribution in [0, 0.1) is 17.8 Å². The third-order valence-corrected chi connectivity index (χ3v) is 8.81. The second kappa shape index (κ2) is 8.94. The lowest BCUT2D eigenvalue weighted by Gasteiger charge is -2.35. The summed E-state index contributed by atoms with van der Waals surface area (Å²) in [6, 6.07) is 7.31. The third kappa shape index (κ3) is 4.82. The van der Waals surface area contributed by atoms with Crippen molar-refractivity contribution in [3.8, 4) is 0 Å². The van der Waals surface area contributed by atoms with Crippen LogP contribution in [0.1, 0.15) is 46.5 Å². The molecule has 1 amide bonds. The lowest BCUT2D eigenvalue weighted by atomic mass is 9.92. The van der Waals surface area contributed by atoms with Crippen LogP contribution in [0.2, 0.25) is 0 Å². The first kappa shape index (κ1) is 22.3. The van der Waals surface area contributed by atoms with Gasteiger partial charge < -0.3 is 9.47 Å². The summed E-state index contributed by atoms with van der Waals surface area (Å²) < 4.78 is 29.8. The lowest BCUT2D eigenvalue weighted by molar-refractivity contribution is -0.134. The van der Waals surface area contributed by atoms with Crippen molar-refractivity contribution < 1.29 is 13.2 Å². The van der Waals surface area contributed by atoms with E-state index in [9.17, 15) is 13.2 Å². The van der Waals surface area contributed by atoms with Gasteiger partial charge in [-0.25, -0.2) is 8.42 Å². The van der Waals surface area contributed by atoms with E-state index in [1.807, 2.05) is 23.2 Å². The number of hydrogen-bond acceptors (Lipinski definition) is 3. The minimum atomic E-state index is -3.46. The molecule has 0 saturated carbocycles. The first-order valence-electron chi connectivity index (χ1n) is 11.6. The van der Waals surface area contributed by atoms with Crippen molar-refractivity contribution >= 4 is 26.8 Å². The summed E-state index contributed by atoms with van der Waals surface area (Å²) in [5.41, 5.74) is 0.972. The first-order chi connectivity index (χ1) is 14.7. The normalized spacial score (nSPS) is 24.0. The highest BCUT2D eigenvalue weighted by Crippen LogP contribution is 2.27. The molecule has 2 fully saturated rings. The van der Waals surface area contributed by atoms with E-state index in [0.29, 0.717) is 48.7 Å². The fourth-order valence-electron chi connectivity index (χ4n) is 5.15. The van der Waals surface area contributed by atoms with E-state index in [1.54, 1.807) is 16.4 Å². The van der Waals surface area contributed by atoms with Crippen molar-refractivity contribution in [2.75, 3.05) is 26.2 Å². The predicted molar refractivity (Wildman–Crippen MR) is 123 cm³/mol. The maximum Gasteiger partial charge on any atom is 0.243 e. The van der Waals surface area contributed by atoms with Gasteiger partial charge in [0.05, 0.1) is 4.90 Å². The second-order valence-electron chi connectivity index (χ2n) is 9.81. The minimum Gasteiger partial charge on any atom is -0.347 e. The quantitative estimate of drug-likeness (QED) is 0.700. The van der Waals surface area contributed by atoms with Gasteiger partial charge in [-0.3, -0.25) is 4.79 Å². The molecule has 0 spiro atoms. The summed E-state index contributed by atoms with van der Waals surface area (Å²) in [7, 11) is -3.46. The highest BCUT2D eigenvalue weighted by Gasteiger charge is 2.28. The molecule has 1 aromatic carbocycles. The molecule has 2 saturated heterocycles. The Kier molecular flexibility index (Phi) is 6.44. The van der Waals surface area contributed by atoms with Crippen LogP contribution in [-0.4, -0.2) is 54.3 Å². The highest BCUT2D eigenvalue weighted by atomic mass is 32.2. The number of piperidine rings is 2. The molecule has 170 valence electrons. The zero-order valence-corrected chi connectivity index (χ0v) is 19.8. The van der Waals surface area contributed by atoms with Crippen LogP contribution < -0.4 is 0 Å².